The van der Waals surface area contributed by atoms with Crippen molar-refractivity contribution < 1.29 is 0 Å². The Balaban J connectivity index is 1.86. The number of halogens is 1. The van der Waals surface area contributed by atoms with Gasteiger partial charge in [0, 0.05) is 21.9 Å². The van der Waals surface area contributed by atoms with E-state index in [-0.39, 0.29) is 0 Å². The fourth-order valence-electron chi connectivity index (χ4n) is 2.21. The first-order chi connectivity index (χ1) is 10.1. The maximum Gasteiger partial charge on any atom is 0.188 e. The molecule has 1 aromatic heterocycles. The molecule has 0 spiro atoms. The lowest BCUT2D eigenvalue weighted by Gasteiger charge is -2.06. The number of hydrogen-bond acceptors (Lipinski definition) is 3. The van der Waals surface area contributed by atoms with E-state index in [1.807, 2.05) is 25.1 Å². The van der Waals surface area contributed by atoms with Crippen molar-refractivity contribution >= 4 is 34.3 Å². The van der Waals surface area contributed by atoms with Crippen molar-refractivity contribution in [2.45, 2.75) is 24.8 Å². The molecule has 21 heavy (non-hydrogen) atoms. The molecule has 4 heteroatoms. The molecule has 3 rings (SSSR count). The van der Waals surface area contributed by atoms with Gasteiger partial charge in [-0.2, -0.15) is 0 Å². The van der Waals surface area contributed by atoms with Crippen molar-refractivity contribution in [1.29, 1.82) is 0 Å². The minimum atomic E-state index is 0.763. The molecule has 0 bridgehead atoms. The quantitative estimate of drug-likeness (QED) is 0.491. The highest BCUT2D eigenvalue weighted by Gasteiger charge is 2.06. The Morgan fingerprint density at radius 2 is 1.90 bits per heavy atom. The van der Waals surface area contributed by atoms with Gasteiger partial charge in [0.1, 0.15) is 0 Å². The smallest absolute Gasteiger partial charge is 0.188 e. The summed E-state index contributed by atoms with van der Waals surface area (Å²) in [6.45, 7) is 4.12. The number of rotatable bonds is 3. The second-order valence-electron chi connectivity index (χ2n) is 5.03. The molecule has 0 aliphatic heterocycles. The first kappa shape index (κ1) is 14.4. The summed E-state index contributed by atoms with van der Waals surface area (Å²) < 4.78 is 0. The predicted molar refractivity (Wildman–Crippen MR) is 90.0 cm³/mol. The largest absolute Gasteiger partial charge is 0.227 e. The number of aryl methyl sites for hydroxylation is 2. The average Bonchev–Trinajstić information content (AvgIpc) is 2.46. The summed E-state index contributed by atoms with van der Waals surface area (Å²) in [6.07, 6.45) is 0. The lowest BCUT2D eigenvalue weighted by molar-refractivity contribution is 0.968. The van der Waals surface area contributed by atoms with Crippen molar-refractivity contribution in [3.63, 3.8) is 0 Å². The molecule has 2 aromatic carbocycles. The third kappa shape index (κ3) is 3.36. The Morgan fingerprint density at radius 1 is 1.05 bits per heavy atom. The number of nitrogens with zero attached hydrogens (tertiary/aromatic N) is 2. The monoisotopic (exact) mass is 314 g/mol. The van der Waals surface area contributed by atoms with Gasteiger partial charge in [-0.05, 0) is 43.7 Å². The predicted octanol–water partition coefficient (Wildman–Crippen LogP) is 5.19. The molecule has 0 saturated carbocycles. The minimum absolute atomic E-state index is 0.763. The topological polar surface area (TPSA) is 25.8 Å². The maximum atomic E-state index is 6.00. The molecule has 106 valence electrons. The van der Waals surface area contributed by atoms with Crippen molar-refractivity contribution in [1.82, 2.24) is 9.97 Å². The molecule has 1 heterocycles. The zero-order chi connectivity index (χ0) is 14.8. The summed E-state index contributed by atoms with van der Waals surface area (Å²) in [4.78, 5) is 9.23. The summed E-state index contributed by atoms with van der Waals surface area (Å²) >= 11 is 7.64. The number of fused-ring (bicyclic) bond motifs is 1. The molecule has 0 fully saturated rings. The highest BCUT2D eigenvalue weighted by Crippen LogP contribution is 2.25. The van der Waals surface area contributed by atoms with Crippen molar-refractivity contribution in [3.8, 4) is 0 Å². The molecule has 0 saturated heterocycles. The fraction of sp³-hybridized carbons (Fsp3) is 0.176. The van der Waals surface area contributed by atoms with Gasteiger partial charge in [-0.1, -0.05) is 47.1 Å². The van der Waals surface area contributed by atoms with Gasteiger partial charge in [0.15, 0.2) is 5.16 Å². The summed E-state index contributed by atoms with van der Waals surface area (Å²) in [5, 5.41) is 2.70. The first-order valence-corrected chi connectivity index (χ1v) is 8.10. The van der Waals surface area contributed by atoms with Crippen LogP contribution in [0, 0.1) is 13.8 Å². The van der Waals surface area contributed by atoms with E-state index in [0.717, 1.165) is 32.5 Å². The van der Waals surface area contributed by atoms with Gasteiger partial charge in [-0.25, -0.2) is 9.97 Å². The lowest BCUT2D eigenvalue weighted by Crippen LogP contribution is -1.93. The molecule has 0 radical (unpaired) electrons. The molecule has 0 aliphatic carbocycles. The third-order valence-electron chi connectivity index (χ3n) is 3.28. The maximum absolute atomic E-state index is 6.00. The summed E-state index contributed by atoms with van der Waals surface area (Å²) in [5.41, 5.74) is 4.44. The first-order valence-electron chi connectivity index (χ1n) is 6.74. The van der Waals surface area contributed by atoms with E-state index in [9.17, 15) is 0 Å². The molecule has 0 amide bonds. The average molecular weight is 315 g/mol. The molecular formula is C17H15ClN2S. The van der Waals surface area contributed by atoms with E-state index in [0.29, 0.717) is 0 Å². The van der Waals surface area contributed by atoms with Crippen LogP contribution in [0.3, 0.4) is 0 Å². The van der Waals surface area contributed by atoms with Crippen LogP contribution < -0.4 is 0 Å². The van der Waals surface area contributed by atoms with Crippen LogP contribution in [0.2, 0.25) is 5.02 Å². The number of hydrogen-bond donors (Lipinski definition) is 0. The third-order valence-corrected chi connectivity index (χ3v) is 4.43. The van der Waals surface area contributed by atoms with E-state index < -0.39 is 0 Å². The molecular weight excluding hydrogens is 300 g/mol. The molecule has 0 unspecified atom stereocenters. The molecule has 2 nitrogen and oxygen atoms in total. The van der Waals surface area contributed by atoms with E-state index in [2.05, 4.69) is 41.2 Å². The molecule has 0 atom stereocenters. The highest BCUT2D eigenvalue weighted by atomic mass is 35.5. The Morgan fingerprint density at radius 3 is 2.71 bits per heavy atom. The Labute approximate surface area is 133 Å². The highest BCUT2D eigenvalue weighted by molar-refractivity contribution is 7.98. The van der Waals surface area contributed by atoms with E-state index >= 15 is 0 Å². The van der Waals surface area contributed by atoms with E-state index in [4.69, 9.17) is 11.6 Å². The van der Waals surface area contributed by atoms with Gasteiger partial charge in [0.05, 0.1) is 5.52 Å². The Kier molecular flexibility index (Phi) is 4.13. The van der Waals surface area contributed by atoms with Crippen LogP contribution in [0.25, 0.3) is 10.9 Å². The second-order valence-corrected chi connectivity index (χ2v) is 6.41. The lowest BCUT2D eigenvalue weighted by atomic mass is 10.1. The Hall–Kier alpha value is -1.58. The minimum Gasteiger partial charge on any atom is -0.227 e. The van der Waals surface area contributed by atoms with Crippen LogP contribution in [0.1, 0.15) is 16.8 Å². The van der Waals surface area contributed by atoms with Crippen LogP contribution >= 0.6 is 23.4 Å². The van der Waals surface area contributed by atoms with Gasteiger partial charge in [-0.3, -0.25) is 0 Å². The number of thioether (sulfide) groups is 1. The van der Waals surface area contributed by atoms with Crippen LogP contribution in [0.4, 0.5) is 0 Å². The van der Waals surface area contributed by atoms with Crippen LogP contribution in [-0.2, 0) is 5.75 Å². The van der Waals surface area contributed by atoms with Crippen molar-refractivity contribution in [3.05, 3.63) is 64.3 Å². The SMILES string of the molecule is Cc1ccc2nc(SCc3cccc(Cl)c3)nc(C)c2c1. The standard InChI is InChI=1S/C17H15ClN2S/c1-11-6-7-16-15(8-11)12(2)19-17(20-16)21-10-13-4-3-5-14(18)9-13/h3-9H,10H2,1-2H3. The normalized spacial score (nSPS) is 11.0. The van der Waals surface area contributed by atoms with Gasteiger partial charge < -0.3 is 0 Å². The molecule has 0 N–H and O–H groups in total. The Bertz CT molecular complexity index is 802. The van der Waals surface area contributed by atoms with Crippen LogP contribution in [-0.4, -0.2) is 9.97 Å². The van der Waals surface area contributed by atoms with Gasteiger partial charge >= 0.3 is 0 Å². The fourth-order valence-corrected chi connectivity index (χ4v) is 3.26. The number of aromatic nitrogens is 2. The van der Waals surface area contributed by atoms with Crippen molar-refractivity contribution in [2.75, 3.05) is 0 Å². The van der Waals surface area contributed by atoms with Crippen LogP contribution in [0.5, 0.6) is 0 Å². The summed E-state index contributed by atoms with van der Waals surface area (Å²) in [6, 6.07) is 14.2. The van der Waals surface area contributed by atoms with Crippen molar-refractivity contribution in [2.24, 2.45) is 0 Å². The van der Waals surface area contributed by atoms with Gasteiger partial charge in [0.2, 0.25) is 0 Å². The van der Waals surface area contributed by atoms with E-state index in [1.54, 1.807) is 11.8 Å². The summed E-state index contributed by atoms with van der Waals surface area (Å²) in [7, 11) is 0. The molecule has 3 aromatic rings. The second kappa shape index (κ2) is 6.04. The molecule has 0 aliphatic rings. The van der Waals surface area contributed by atoms with E-state index in [1.165, 1.54) is 11.1 Å². The van der Waals surface area contributed by atoms with Crippen LogP contribution in [0.15, 0.2) is 47.6 Å². The zero-order valence-corrected chi connectivity index (χ0v) is 13.5. The van der Waals surface area contributed by atoms with Gasteiger partial charge in [0.25, 0.3) is 0 Å². The summed E-state index contributed by atoms with van der Waals surface area (Å²) in [5.74, 6) is 0.817. The van der Waals surface area contributed by atoms with Gasteiger partial charge in [-0.15, -0.1) is 0 Å². The zero-order valence-electron chi connectivity index (χ0n) is 11.9. The number of benzene rings is 2.